The van der Waals surface area contributed by atoms with Crippen LogP contribution in [-0.4, -0.2) is 23.9 Å². The summed E-state index contributed by atoms with van der Waals surface area (Å²) in [6, 6.07) is 6.22. The number of benzene rings is 1. The van der Waals surface area contributed by atoms with Gasteiger partial charge in [0.2, 0.25) is 0 Å². The quantitative estimate of drug-likeness (QED) is 0.320. The average molecular weight is 418 g/mol. The maximum absolute atomic E-state index is 8.59. The van der Waals surface area contributed by atoms with E-state index in [4.69, 9.17) is 9.84 Å². The molecule has 0 radical (unpaired) electrons. The summed E-state index contributed by atoms with van der Waals surface area (Å²) >= 11 is 0. The van der Waals surface area contributed by atoms with Gasteiger partial charge in [-0.3, -0.25) is 0 Å². The predicted molar refractivity (Wildman–Crippen MR) is 133 cm³/mol. The lowest BCUT2D eigenvalue weighted by molar-refractivity contribution is 0.282. The largest absolute Gasteiger partial charge is 0.494 e. The number of hydrogen-bond acceptors (Lipinski definition) is 3. The molecular weight excluding hydrogens is 370 g/mol. The Balaban J connectivity index is 0.000000304. The van der Waals surface area contributed by atoms with Crippen molar-refractivity contribution < 1.29 is 9.84 Å². The Bertz CT molecular complexity index is 595. The van der Waals surface area contributed by atoms with Crippen LogP contribution >= 0.6 is 0 Å². The smallest absolute Gasteiger partial charge is 0.120 e. The van der Waals surface area contributed by atoms with E-state index in [9.17, 15) is 0 Å². The van der Waals surface area contributed by atoms with Crippen LogP contribution in [0.1, 0.15) is 111 Å². The summed E-state index contributed by atoms with van der Waals surface area (Å²) in [7, 11) is 0. The van der Waals surface area contributed by atoms with Crippen molar-refractivity contribution in [3.8, 4) is 5.75 Å². The summed E-state index contributed by atoms with van der Waals surface area (Å²) in [4.78, 5) is 0. The van der Waals surface area contributed by atoms with Crippen molar-refractivity contribution in [1.82, 2.24) is 0 Å². The van der Waals surface area contributed by atoms with Crippen LogP contribution in [0, 0.1) is 0 Å². The second-order valence-corrected chi connectivity index (χ2v) is 9.07. The molecule has 0 amide bonds. The van der Waals surface area contributed by atoms with Gasteiger partial charge in [-0.25, -0.2) is 0 Å². The number of fused-ring (bicyclic) bond motifs is 1. The zero-order valence-electron chi connectivity index (χ0n) is 20.4. The van der Waals surface area contributed by atoms with Gasteiger partial charge in [-0.05, 0) is 57.9 Å². The van der Waals surface area contributed by atoms with Crippen LogP contribution in [0.15, 0.2) is 24.3 Å². The normalized spacial score (nSPS) is 14.1. The van der Waals surface area contributed by atoms with Gasteiger partial charge < -0.3 is 15.2 Å². The first-order valence-corrected chi connectivity index (χ1v) is 12.3. The fraction of sp³-hybridized carbons (Fsp3) is 0.704. The Morgan fingerprint density at radius 3 is 1.97 bits per heavy atom. The molecule has 2 N–H and O–H groups in total. The van der Waals surface area contributed by atoms with Crippen molar-refractivity contribution in [2.24, 2.45) is 0 Å². The number of aliphatic hydroxyl groups is 1. The first-order chi connectivity index (χ1) is 14.4. The summed E-state index contributed by atoms with van der Waals surface area (Å²) in [5.74, 6) is 0.940. The van der Waals surface area contributed by atoms with Crippen molar-refractivity contribution in [2.45, 2.75) is 111 Å². The lowest BCUT2D eigenvalue weighted by atomic mass is 9.91. The molecule has 0 aromatic heterocycles. The van der Waals surface area contributed by atoms with Gasteiger partial charge in [0.05, 0.1) is 12.1 Å². The first kappa shape index (κ1) is 26.6. The van der Waals surface area contributed by atoms with Crippen LogP contribution < -0.4 is 10.1 Å². The van der Waals surface area contributed by atoms with Gasteiger partial charge >= 0.3 is 0 Å². The van der Waals surface area contributed by atoms with Crippen LogP contribution in [-0.2, 0) is 0 Å². The highest BCUT2D eigenvalue weighted by atomic mass is 16.5. The fourth-order valence-corrected chi connectivity index (χ4v) is 3.99. The molecule has 1 aliphatic rings. The molecule has 0 bridgehead atoms. The van der Waals surface area contributed by atoms with E-state index in [-0.39, 0.29) is 5.54 Å². The number of anilines is 1. The highest BCUT2D eigenvalue weighted by molar-refractivity contribution is 5.80. The van der Waals surface area contributed by atoms with Crippen LogP contribution in [0.4, 0.5) is 5.69 Å². The molecule has 1 aromatic carbocycles. The molecule has 1 heterocycles. The Morgan fingerprint density at radius 1 is 0.867 bits per heavy atom. The molecule has 0 saturated carbocycles. The van der Waals surface area contributed by atoms with E-state index in [1.54, 1.807) is 0 Å². The van der Waals surface area contributed by atoms with E-state index in [2.05, 4.69) is 51.2 Å². The molecule has 0 spiro atoms. The Morgan fingerprint density at radius 2 is 1.43 bits per heavy atom. The molecule has 0 saturated heterocycles. The Hall–Kier alpha value is -1.48. The van der Waals surface area contributed by atoms with Gasteiger partial charge in [-0.1, -0.05) is 77.2 Å². The van der Waals surface area contributed by atoms with Crippen molar-refractivity contribution in [2.75, 3.05) is 18.5 Å². The minimum Gasteiger partial charge on any atom is -0.494 e. The van der Waals surface area contributed by atoms with Gasteiger partial charge in [-0.15, -0.1) is 0 Å². The first-order valence-electron chi connectivity index (χ1n) is 12.3. The molecule has 1 aromatic rings. The van der Waals surface area contributed by atoms with Crippen LogP contribution in [0.2, 0.25) is 0 Å². The third-order valence-corrected chi connectivity index (χ3v) is 5.52. The second-order valence-electron chi connectivity index (χ2n) is 9.07. The Kier molecular flexibility index (Phi) is 13.6. The molecule has 3 nitrogen and oxygen atoms in total. The summed E-state index contributed by atoms with van der Waals surface area (Å²) in [5.41, 5.74) is 3.77. The monoisotopic (exact) mass is 417 g/mol. The molecule has 30 heavy (non-hydrogen) atoms. The van der Waals surface area contributed by atoms with Crippen molar-refractivity contribution in [3.05, 3.63) is 29.8 Å². The van der Waals surface area contributed by atoms with Gasteiger partial charge in [0.25, 0.3) is 0 Å². The molecule has 0 atom stereocenters. The van der Waals surface area contributed by atoms with Crippen molar-refractivity contribution in [3.63, 3.8) is 0 Å². The molecular formula is C27H47NO2. The zero-order chi connectivity index (χ0) is 22.2. The van der Waals surface area contributed by atoms with Gasteiger partial charge in [0, 0.05) is 17.9 Å². The lowest BCUT2D eigenvalue weighted by Crippen LogP contribution is -2.31. The minimum atomic E-state index is 0.0320. The third kappa shape index (κ3) is 11.1. The summed E-state index contributed by atoms with van der Waals surface area (Å²) < 4.78 is 5.52. The van der Waals surface area contributed by atoms with Crippen LogP contribution in [0.5, 0.6) is 5.75 Å². The maximum atomic E-state index is 8.59. The van der Waals surface area contributed by atoms with Crippen molar-refractivity contribution in [1.29, 1.82) is 0 Å². The number of rotatable bonds is 13. The predicted octanol–water partition coefficient (Wildman–Crippen LogP) is 7.98. The molecule has 3 heteroatoms. The van der Waals surface area contributed by atoms with E-state index < -0.39 is 0 Å². The van der Waals surface area contributed by atoms with E-state index in [0.29, 0.717) is 13.2 Å². The molecule has 1 aliphatic heterocycles. The van der Waals surface area contributed by atoms with Gasteiger partial charge in [-0.2, -0.15) is 0 Å². The highest BCUT2D eigenvalue weighted by Crippen LogP contribution is 2.35. The van der Waals surface area contributed by atoms with E-state index in [1.807, 2.05) is 13.0 Å². The molecule has 0 fully saturated rings. The number of aliphatic hydroxyl groups excluding tert-OH is 1. The van der Waals surface area contributed by atoms with Gasteiger partial charge in [0.1, 0.15) is 5.75 Å². The second kappa shape index (κ2) is 15.3. The molecule has 2 rings (SSSR count). The third-order valence-electron chi connectivity index (χ3n) is 5.52. The van der Waals surface area contributed by atoms with E-state index in [1.165, 1.54) is 81.0 Å². The number of nitrogens with one attached hydrogen (secondary N) is 1. The van der Waals surface area contributed by atoms with Crippen molar-refractivity contribution >= 4 is 11.3 Å². The fourth-order valence-electron chi connectivity index (χ4n) is 3.99. The highest BCUT2D eigenvalue weighted by Gasteiger charge is 2.22. The number of unbranched alkanes of at least 4 members (excludes halogenated alkanes) is 10. The molecule has 172 valence electrons. The summed E-state index contributed by atoms with van der Waals surface area (Å²) in [6.45, 7) is 11.9. The lowest BCUT2D eigenvalue weighted by Gasteiger charge is -2.31. The Labute approximate surface area is 186 Å². The number of ether oxygens (including phenoxy) is 1. The van der Waals surface area contributed by atoms with E-state index in [0.717, 1.165) is 12.2 Å². The molecule has 0 aliphatic carbocycles. The molecule has 0 unspecified atom stereocenters. The topological polar surface area (TPSA) is 41.5 Å². The SMILES string of the molecule is CCCCCCCCCCCCCO.CCOc1ccc2c(c1)C(C)=CC(C)(C)N2. The summed E-state index contributed by atoms with van der Waals surface area (Å²) in [6.07, 6.45) is 17.0. The number of hydrogen-bond donors (Lipinski definition) is 2. The van der Waals surface area contributed by atoms with Crippen LogP contribution in [0.3, 0.4) is 0 Å². The average Bonchev–Trinajstić information content (AvgIpc) is 2.70. The van der Waals surface area contributed by atoms with Gasteiger partial charge in [0.15, 0.2) is 0 Å². The maximum Gasteiger partial charge on any atom is 0.120 e. The zero-order valence-corrected chi connectivity index (χ0v) is 20.4. The minimum absolute atomic E-state index is 0.0320. The summed E-state index contributed by atoms with van der Waals surface area (Å²) in [5, 5.41) is 12.1. The van der Waals surface area contributed by atoms with E-state index >= 15 is 0 Å². The number of allylic oxidation sites excluding steroid dienone is 1. The van der Waals surface area contributed by atoms with Crippen LogP contribution in [0.25, 0.3) is 5.57 Å². The standard InChI is InChI=1S/C14H19NO.C13H28O/c1-5-16-11-6-7-13-12(8-11)10(2)9-14(3,4)15-13;1-2-3-4-5-6-7-8-9-10-11-12-13-14/h6-9,15H,5H2,1-4H3;14H,2-13H2,1H3.